The molecule has 0 spiro atoms. The Kier molecular flexibility index (Phi) is 5.79. The Balaban J connectivity index is 0.00000225. The largest absolute Gasteiger partial charge is 0.256 e. The van der Waals surface area contributed by atoms with Crippen molar-refractivity contribution in [3.63, 3.8) is 0 Å². The SMILES string of the molecule is Cc1ccnc(-c2ccc(CCCCCc3ccccc3)cc2)c1.[HH]. The molecule has 0 aliphatic heterocycles. The molecule has 1 aromatic heterocycles. The van der Waals surface area contributed by atoms with E-state index in [0.717, 1.165) is 12.1 Å². The Morgan fingerprint density at radius 2 is 1.42 bits per heavy atom. The predicted molar refractivity (Wildman–Crippen MR) is 104 cm³/mol. The molecule has 0 amide bonds. The summed E-state index contributed by atoms with van der Waals surface area (Å²) in [6, 6.07) is 23.8. The van der Waals surface area contributed by atoms with Crippen LogP contribution in [0.2, 0.25) is 0 Å². The average Bonchev–Trinajstić information content (AvgIpc) is 2.63. The third-order valence-electron chi connectivity index (χ3n) is 4.44. The summed E-state index contributed by atoms with van der Waals surface area (Å²) < 4.78 is 0. The molecule has 0 fully saturated rings. The fraction of sp³-hybridized carbons (Fsp3) is 0.261. The van der Waals surface area contributed by atoms with Crippen LogP contribution in [-0.4, -0.2) is 4.98 Å². The predicted octanol–water partition coefficient (Wildman–Crippen LogP) is 6.26. The molecule has 0 aliphatic carbocycles. The van der Waals surface area contributed by atoms with Crippen molar-refractivity contribution < 1.29 is 1.43 Å². The van der Waals surface area contributed by atoms with Gasteiger partial charge in [-0.2, -0.15) is 0 Å². The Hall–Kier alpha value is -2.41. The molecule has 24 heavy (non-hydrogen) atoms. The maximum atomic E-state index is 4.45. The summed E-state index contributed by atoms with van der Waals surface area (Å²) in [5, 5.41) is 0. The fourth-order valence-electron chi connectivity index (χ4n) is 3.02. The molecule has 0 saturated heterocycles. The molecule has 1 nitrogen and oxygen atoms in total. The average molecular weight is 317 g/mol. The topological polar surface area (TPSA) is 12.9 Å². The highest BCUT2D eigenvalue weighted by molar-refractivity contribution is 5.59. The first-order chi connectivity index (χ1) is 11.8. The maximum Gasteiger partial charge on any atom is 0.0704 e. The van der Waals surface area contributed by atoms with Gasteiger partial charge in [0.2, 0.25) is 0 Å². The van der Waals surface area contributed by atoms with Gasteiger partial charge in [-0.3, -0.25) is 4.98 Å². The molecule has 2 aromatic carbocycles. The highest BCUT2D eigenvalue weighted by Gasteiger charge is 2.00. The van der Waals surface area contributed by atoms with E-state index < -0.39 is 0 Å². The maximum absolute atomic E-state index is 4.45. The lowest BCUT2D eigenvalue weighted by Crippen LogP contribution is -1.90. The van der Waals surface area contributed by atoms with Crippen molar-refractivity contribution in [2.45, 2.75) is 39.0 Å². The van der Waals surface area contributed by atoms with Crippen LogP contribution >= 0.6 is 0 Å². The minimum atomic E-state index is 0. The number of hydrogen-bond donors (Lipinski definition) is 0. The molecule has 0 radical (unpaired) electrons. The van der Waals surface area contributed by atoms with Gasteiger partial charge in [0.15, 0.2) is 0 Å². The van der Waals surface area contributed by atoms with Crippen molar-refractivity contribution in [1.29, 1.82) is 0 Å². The normalized spacial score (nSPS) is 10.7. The van der Waals surface area contributed by atoms with Gasteiger partial charge in [0, 0.05) is 13.2 Å². The first kappa shape index (κ1) is 16.4. The van der Waals surface area contributed by atoms with Crippen LogP contribution in [0.4, 0.5) is 0 Å². The lowest BCUT2D eigenvalue weighted by molar-refractivity contribution is 0.678. The zero-order valence-electron chi connectivity index (χ0n) is 14.4. The third kappa shape index (κ3) is 4.79. The lowest BCUT2D eigenvalue weighted by Gasteiger charge is -2.05. The lowest BCUT2D eigenvalue weighted by atomic mass is 10.0. The number of aryl methyl sites for hydroxylation is 3. The highest BCUT2D eigenvalue weighted by Crippen LogP contribution is 2.19. The minimum Gasteiger partial charge on any atom is -0.256 e. The first-order valence-electron chi connectivity index (χ1n) is 8.87. The molecule has 3 aromatic rings. The molecule has 0 atom stereocenters. The van der Waals surface area contributed by atoms with Gasteiger partial charge >= 0.3 is 0 Å². The van der Waals surface area contributed by atoms with E-state index >= 15 is 0 Å². The molecule has 1 heteroatoms. The number of pyridine rings is 1. The van der Waals surface area contributed by atoms with E-state index in [0.29, 0.717) is 0 Å². The smallest absolute Gasteiger partial charge is 0.0704 e. The van der Waals surface area contributed by atoms with E-state index in [2.05, 4.69) is 72.6 Å². The van der Waals surface area contributed by atoms with Crippen LogP contribution in [0, 0.1) is 6.92 Å². The second-order valence-corrected chi connectivity index (χ2v) is 6.46. The quantitative estimate of drug-likeness (QED) is 0.469. The number of rotatable bonds is 7. The summed E-state index contributed by atoms with van der Waals surface area (Å²) in [7, 11) is 0. The van der Waals surface area contributed by atoms with E-state index in [4.69, 9.17) is 0 Å². The highest BCUT2D eigenvalue weighted by atomic mass is 14.7. The Bertz CT molecular complexity index is 751. The van der Waals surface area contributed by atoms with Gasteiger partial charge < -0.3 is 0 Å². The number of nitrogens with zero attached hydrogens (tertiary/aromatic N) is 1. The molecule has 3 rings (SSSR count). The van der Waals surface area contributed by atoms with Crippen molar-refractivity contribution in [3.8, 4) is 11.3 Å². The minimum absolute atomic E-state index is 0. The number of benzene rings is 2. The Labute approximate surface area is 146 Å². The van der Waals surface area contributed by atoms with Gasteiger partial charge in [0.25, 0.3) is 0 Å². The molecule has 0 bridgehead atoms. The van der Waals surface area contributed by atoms with Gasteiger partial charge in [-0.15, -0.1) is 0 Å². The van der Waals surface area contributed by atoms with Crippen LogP contribution in [0.3, 0.4) is 0 Å². The molecular formula is C23H27N. The van der Waals surface area contributed by atoms with Crippen LogP contribution in [0.15, 0.2) is 72.9 Å². The summed E-state index contributed by atoms with van der Waals surface area (Å²) in [4.78, 5) is 4.45. The molecule has 0 saturated carbocycles. The fourth-order valence-corrected chi connectivity index (χ4v) is 3.02. The van der Waals surface area contributed by atoms with Crippen molar-refractivity contribution in [2.75, 3.05) is 0 Å². The second-order valence-electron chi connectivity index (χ2n) is 6.46. The standard InChI is InChI=1S/C23H25N.H2/c1-19-16-17-24-23(18-19)22-14-12-21(13-15-22)11-7-3-6-10-20-8-4-2-5-9-20;/h2,4-5,8-9,12-18H,3,6-7,10-11H2,1H3;1H. The van der Waals surface area contributed by atoms with Crippen molar-refractivity contribution in [3.05, 3.63) is 89.6 Å². The summed E-state index contributed by atoms with van der Waals surface area (Å²) in [6.07, 6.45) is 8.06. The number of unbranched alkanes of at least 4 members (excludes halogenated alkanes) is 2. The van der Waals surface area contributed by atoms with Crippen molar-refractivity contribution in [1.82, 2.24) is 4.98 Å². The molecule has 124 valence electrons. The van der Waals surface area contributed by atoms with Gasteiger partial charge in [0.05, 0.1) is 5.69 Å². The third-order valence-corrected chi connectivity index (χ3v) is 4.44. The number of hydrogen-bond acceptors (Lipinski definition) is 1. The molecule has 0 unspecified atom stereocenters. The van der Waals surface area contributed by atoms with E-state index in [1.54, 1.807) is 0 Å². The molecule has 0 aliphatic rings. The summed E-state index contributed by atoms with van der Waals surface area (Å²) in [5.41, 5.74) is 6.39. The van der Waals surface area contributed by atoms with Crippen LogP contribution < -0.4 is 0 Å². The zero-order chi connectivity index (χ0) is 16.6. The zero-order valence-corrected chi connectivity index (χ0v) is 14.4. The summed E-state index contributed by atoms with van der Waals surface area (Å²) in [6.45, 7) is 2.11. The van der Waals surface area contributed by atoms with Crippen LogP contribution in [0.5, 0.6) is 0 Å². The summed E-state index contributed by atoms with van der Waals surface area (Å²) >= 11 is 0. The molecular weight excluding hydrogens is 290 g/mol. The van der Waals surface area contributed by atoms with E-state index in [-0.39, 0.29) is 1.43 Å². The van der Waals surface area contributed by atoms with Crippen molar-refractivity contribution >= 4 is 0 Å². The van der Waals surface area contributed by atoms with Crippen molar-refractivity contribution in [2.24, 2.45) is 0 Å². The van der Waals surface area contributed by atoms with Crippen LogP contribution in [0.25, 0.3) is 11.3 Å². The number of aromatic nitrogens is 1. The Morgan fingerprint density at radius 1 is 0.750 bits per heavy atom. The molecule has 0 N–H and O–H groups in total. The van der Waals surface area contributed by atoms with E-state index in [1.807, 2.05) is 12.3 Å². The van der Waals surface area contributed by atoms with Gasteiger partial charge in [-0.25, -0.2) is 0 Å². The van der Waals surface area contributed by atoms with Crippen LogP contribution in [-0.2, 0) is 12.8 Å². The first-order valence-corrected chi connectivity index (χ1v) is 8.87. The second kappa shape index (κ2) is 8.44. The Morgan fingerprint density at radius 3 is 2.08 bits per heavy atom. The summed E-state index contributed by atoms with van der Waals surface area (Å²) in [5.74, 6) is 0. The van der Waals surface area contributed by atoms with Gasteiger partial charge in [-0.05, 0) is 61.4 Å². The van der Waals surface area contributed by atoms with Gasteiger partial charge in [0.1, 0.15) is 0 Å². The van der Waals surface area contributed by atoms with Crippen LogP contribution in [0.1, 0.15) is 37.4 Å². The molecule has 1 heterocycles. The van der Waals surface area contributed by atoms with Gasteiger partial charge in [-0.1, -0.05) is 61.0 Å². The van der Waals surface area contributed by atoms with E-state index in [9.17, 15) is 0 Å². The van der Waals surface area contributed by atoms with E-state index in [1.165, 1.54) is 47.9 Å². The monoisotopic (exact) mass is 317 g/mol.